The normalized spacial score (nSPS) is 19.3. The van der Waals surface area contributed by atoms with E-state index in [0.717, 1.165) is 19.6 Å². The van der Waals surface area contributed by atoms with Crippen LogP contribution in [0.15, 0.2) is 0 Å². The zero-order valence-electron chi connectivity index (χ0n) is 10.3. The van der Waals surface area contributed by atoms with Crippen molar-refractivity contribution in [2.75, 3.05) is 26.7 Å². The molecule has 0 aliphatic carbocycles. The molecule has 0 aromatic rings. The highest BCUT2D eigenvalue weighted by atomic mass is 16.2. The van der Waals surface area contributed by atoms with E-state index in [1.807, 2.05) is 11.9 Å². The van der Waals surface area contributed by atoms with Gasteiger partial charge in [0.15, 0.2) is 0 Å². The first-order valence-electron chi connectivity index (χ1n) is 6.10. The summed E-state index contributed by atoms with van der Waals surface area (Å²) in [5, 5.41) is 3.12. The maximum absolute atomic E-state index is 12.2. The van der Waals surface area contributed by atoms with Gasteiger partial charge < -0.3 is 10.2 Å². The molecular formula is C12H24N2O. The summed E-state index contributed by atoms with van der Waals surface area (Å²) in [6.45, 7) is 6.98. The largest absolute Gasteiger partial charge is 0.342 e. The summed E-state index contributed by atoms with van der Waals surface area (Å²) in [7, 11) is 1.92. The fourth-order valence-electron chi connectivity index (χ4n) is 2.18. The van der Waals surface area contributed by atoms with Gasteiger partial charge in [0.2, 0.25) is 5.91 Å². The summed E-state index contributed by atoms with van der Waals surface area (Å²) in [5.74, 6) is 0.916. The van der Waals surface area contributed by atoms with Gasteiger partial charge in [0.1, 0.15) is 0 Å². The van der Waals surface area contributed by atoms with Crippen molar-refractivity contribution in [1.82, 2.24) is 10.2 Å². The molecule has 1 amide bonds. The minimum atomic E-state index is 0.146. The molecule has 0 radical (unpaired) electrons. The van der Waals surface area contributed by atoms with Gasteiger partial charge in [0.05, 0.1) is 5.92 Å². The van der Waals surface area contributed by atoms with Crippen LogP contribution in [0.25, 0.3) is 0 Å². The number of nitrogens with zero attached hydrogens (tertiary/aromatic N) is 1. The number of rotatable bonds is 4. The van der Waals surface area contributed by atoms with Crippen molar-refractivity contribution < 1.29 is 4.79 Å². The van der Waals surface area contributed by atoms with E-state index in [9.17, 15) is 4.79 Å². The average molecular weight is 212 g/mol. The highest BCUT2D eigenvalue weighted by Crippen LogP contribution is 2.17. The third-order valence-electron chi connectivity index (χ3n) is 3.21. The quantitative estimate of drug-likeness (QED) is 0.766. The summed E-state index contributed by atoms with van der Waals surface area (Å²) in [5.41, 5.74) is 0. The van der Waals surface area contributed by atoms with E-state index in [0.29, 0.717) is 11.8 Å². The van der Waals surface area contributed by atoms with Gasteiger partial charge in [-0.2, -0.15) is 0 Å². The molecule has 1 unspecified atom stereocenters. The Labute approximate surface area is 93.2 Å². The van der Waals surface area contributed by atoms with Crippen molar-refractivity contribution in [2.45, 2.75) is 33.1 Å². The standard InChI is InChI=1S/C12H24N2O/c1-10(2)11(9-13-3)12(15)14-7-5-4-6-8-14/h10-11,13H,4-9H2,1-3H3. The number of likely N-dealkylation sites (tertiary alicyclic amines) is 1. The molecule has 3 nitrogen and oxygen atoms in total. The van der Waals surface area contributed by atoms with Crippen LogP contribution in [0.5, 0.6) is 0 Å². The molecule has 3 heteroatoms. The first-order valence-corrected chi connectivity index (χ1v) is 6.10. The summed E-state index contributed by atoms with van der Waals surface area (Å²) >= 11 is 0. The van der Waals surface area contributed by atoms with Crippen LogP contribution in [0.3, 0.4) is 0 Å². The van der Waals surface area contributed by atoms with E-state index in [1.54, 1.807) is 0 Å². The van der Waals surface area contributed by atoms with E-state index >= 15 is 0 Å². The highest BCUT2D eigenvalue weighted by Gasteiger charge is 2.27. The Morgan fingerprint density at radius 3 is 2.33 bits per heavy atom. The van der Waals surface area contributed by atoms with Crippen LogP contribution >= 0.6 is 0 Å². The second-order valence-electron chi connectivity index (χ2n) is 4.79. The van der Waals surface area contributed by atoms with Crippen LogP contribution < -0.4 is 5.32 Å². The predicted molar refractivity (Wildman–Crippen MR) is 62.7 cm³/mol. The van der Waals surface area contributed by atoms with Gasteiger partial charge in [-0.15, -0.1) is 0 Å². The Morgan fingerprint density at radius 1 is 1.27 bits per heavy atom. The maximum Gasteiger partial charge on any atom is 0.227 e. The van der Waals surface area contributed by atoms with Gasteiger partial charge in [-0.3, -0.25) is 4.79 Å². The van der Waals surface area contributed by atoms with Crippen LogP contribution in [0.4, 0.5) is 0 Å². The SMILES string of the molecule is CNCC(C(=O)N1CCCCC1)C(C)C. The van der Waals surface area contributed by atoms with Crippen molar-refractivity contribution in [3.63, 3.8) is 0 Å². The Kier molecular flexibility index (Phi) is 5.09. The lowest BCUT2D eigenvalue weighted by molar-refractivity contribution is -0.137. The zero-order valence-corrected chi connectivity index (χ0v) is 10.3. The molecule has 1 heterocycles. The molecule has 15 heavy (non-hydrogen) atoms. The number of hydrogen-bond acceptors (Lipinski definition) is 2. The predicted octanol–water partition coefficient (Wildman–Crippen LogP) is 1.49. The van der Waals surface area contributed by atoms with E-state index in [4.69, 9.17) is 0 Å². The molecule has 88 valence electrons. The lowest BCUT2D eigenvalue weighted by Gasteiger charge is -2.31. The van der Waals surface area contributed by atoms with E-state index < -0.39 is 0 Å². The molecule has 1 fully saturated rings. The monoisotopic (exact) mass is 212 g/mol. The molecule has 0 aromatic heterocycles. The molecule has 1 saturated heterocycles. The lowest BCUT2D eigenvalue weighted by Crippen LogP contribution is -2.44. The molecule has 1 aliphatic heterocycles. The Morgan fingerprint density at radius 2 is 1.87 bits per heavy atom. The number of hydrogen-bond donors (Lipinski definition) is 1. The lowest BCUT2D eigenvalue weighted by atomic mass is 9.93. The number of carbonyl (C=O) groups is 1. The second kappa shape index (κ2) is 6.11. The molecule has 1 atom stereocenters. The minimum Gasteiger partial charge on any atom is -0.342 e. The molecule has 0 bridgehead atoms. The van der Waals surface area contributed by atoms with Gasteiger partial charge >= 0.3 is 0 Å². The fraction of sp³-hybridized carbons (Fsp3) is 0.917. The topological polar surface area (TPSA) is 32.3 Å². The smallest absolute Gasteiger partial charge is 0.227 e. The zero-order chi connectivity index (χ0) is 11.3. The highest BCUT2D eigenvalue weighted by molar-refractivity contribution is 5.79. The van der Waals surface area contributed by atoms with Crippen LogP contribution in [0, 0.1) is 11.8 Å². The number of carbonyl (C=O) groups excluding carboxylic acids is 1. The number of piperidine rings is 1. The van der Waals surface area contributed by atoms with Crippen LogP contribution in [-0.2, 0) is 4.79 Å². The number of amides is 1. The summed E-state index contributed by atoms with van der Waals surface area (Å²) in [6.07, 6.45) is 3.63. The van der Waals surface area contributed by atoms with Crippen molar-refractivity contribution in [3.8, 4) is 0 Å². The summed E-state index contributed by atoms with van der Waals surface area (Å²) in [6, 6.07) is 0. The van der Waals surface area contributed by atoms with Crippen molar-refractivity contribution in [1.29, 1.82) is 0 Å². The van der Waals surface area contributed by atoms with E-state index in [-0.39, 0.29) is 5.92 Å². The van der Waals surface area contributed by atoms with Gasteiger partial charge in [-0.25, -0.2) is 0 Å². The molecule has 0 aromatic carbocycles. The van der Waals surface area contributed by atoms with Crippen molar-refractivity contribution in [2.24, 2.45) is 11.8 Å². The number of nitrogens with one attached hydrogen (secondary N) is 1. The van der Waals surface area contributed by atoms with Crippen molar-refractivity contribution in [3.05, 3.63) is 0 Å². The van der Waals surface area contributed by atoms with E-state index in [2.05, 4.69) is 19.2 Å². The van der Waals surface area contributed by atoms with Gasteiger partial charge in [0.25, 0.3) is 0 Å². The van der Waals surface area contributed by atoms with Gasteiger partial charge in [-0.05, 0) is 32.2 Å². The van der Waals surface area contributed by atoms with Crippen LogP contribution in [0.2, 0.25) is 0 Å². The molecule has 0 spiro atoms. The Bertz CT molecular complexity index is 198. The third-order valence-corrected chi connectivity index (χ3v) is 3.21. The summed E-state index contributed by atoms with van der Waals surface area (Å²) < 4.78 is 0. The summed E-state index contributed by atoms with van der Waals surface area (Å²) in [4.78, 5) is 14.3. The molecular weight excluding hydrogens is 188 g/mol. The maximum atomic E-state index is 12.2. The van der Waals surface area contributed by atoms with Gasteiger partial charge in [0, 0.05) is 19.6 Å². The molecule has 1 aliphatic rings. The third kappa shape index (κ3) is 3.49. The average Bonchev–Trinajstić information content (AvgIpc) is 2.26. The Hall–Kier alpha value is -0.570. The molecule has 1 rings (SSSR count). The van der Waals surface area contributed by atoms with Crippen molar-refractivity contribution >= 4 is 5.91 Å². The van der Waals surface area contributed by atoms with Crippen LogP contribution in [-0.4, -0.2) is 37.5 Å². The Balaban J connectivity index is 2.53. The van der Waals surface area contributed by atoms with Gasteiger partial charge in [-0.1, -0.05) is 13.8 Å². The second-order valence-corrected chi connectivity index (χ2v) is 4.79. The van der Waals surface area contributed by atoms with E-state index in [1.165, 1.54) is 19.3 Å². The first-order chi connectivity index (χ1) is 7.16. The fourth-order valence-corrected chi connectivity index (χ4v) is 2.18. The molecule has 1 N–H and O–H groups in total. The first kappa shape index (κ1) is 12.5. The minimum absolute atomic E-state index is 0.146. The molecule has 0 saturated carbocycles. The van der Waals surface area contributed by atoms with Crippen LogP contribution in [0.1, 0.15) is 33.1 Å².